The van der Waals surface area contributed by atoms with Crippen LogP contribution in [0.2, 0.25) is 0 Å². The number of benzene rings is 5. The molecule has 0 atom stereocenters. The summed E-state index contributed by atoms with van der Waals surface area (Å²) in [5.41, 5.74) is -24.7. The van der Waals surface area contributed by atoms with Crippen LogP contribution >= 0.6 is 0 Å². The molecule has 0 aliphatic carbocycles. The average molecular weight is 1120 g/mol. The highest BCUT2D eigenvalue weighted by Crippen LogP contribution is 2.41. The zero-order chi connectivity index (χ0) is 57.9. The summed E-state index contributed by atoms with van der Waals surface area (Å²) in [6.07, 6.45) is -54.8. The van der Waals surface area contributed by atoms with Gasteiger partial charge in [0.05, 0.1) is 44.5 Å². The minimum Gasteiger partial charge on any atom is -0.287 e. The highest BCUT2D eigenvalue weighted by atomic mass is 19.4. The molecule has 0 N–H and O–H groups in total. The Hall–Kier alpha value is -6.70. The fraction of sp³-hybridized carbons (Fsp3) is 0.265. The van der Waals surface area contributed by atoms with Crippen LogP contribution in [-0.2, 0) is 56.0 Å². The lowest BCUT2D eigenvalue weighted by Gasteiger charge is -2.46. The molecule has 5 aromatic carbocycles. The van der Waals surface area contributed by atoms with Crippen LogP contribution in [0, 0.1) is 27.7 Å². The quantitative estimate of drug-likeness (QED) is 0.0675. The summed E-state index contributed by atoms with van der Waals surface area (Å²) in [5, 5.41) is 0. The fourth-order valence-electron chi connectivity index (χ4n) is 8.38. The maximum Gasteiger partial charge on any atom is 0.416 e. The minimum absolute atomic E-state index is 0.154. The van der Waals surface area contributed by atoms with Crippen molar-refractivity contribution < 1.29 is 115 Å². The van der Waals surface area contributed by atoms with Crippen LogP contribution in [0.5, 0.6) is 0 Å². The van der Waals surface area contributed by atoms with E-state index in [9.17, 15) is 110 Å². The number of hydrogen-bond acceptors (Lipinski definition) is 1. The van der Waals surface area contributed by atoms with Crippen molar-refractivity contribution in [3.63, 3.8) is 0 Å². The third-order valence-electron chi connectivity index (χ3n) is 12.2. The molecular formula is C49H32BF24NO. The van der Waals surface area contributed by atoms with Gasteiger partial charge in [-0.15, -0.1) is 0 Å². The number of pyridine rings is 1. The summed E-state index contributed by atoms with van der Waals surface area (Å²) in [5.74, 6) is 0.154. The molecule has 0 aliphatic heterocycles. The van der Waals surface area contributed by atoms with Gasteiger partial charge in [0.15, 0.2) is 11.4 Å². The van der Waals surface area contributed by atoms with Gasteiger partial charge in [-0.3, -0.25) is 4.79 Å². The summed E-state index contributed by atoms with van der Waals surface area (Å²) < 4.78 is 343. The lowest BCUT2D eigenvalue weighted by molar-refractivity contribution is -0.695. The van der Waals surface area contributed by atoms with Crippen LogP contribution in [-0.4, -0.2) is 11.9 Å². The van der Waals surface area contributed by atoms with Gasteiger partial charge in [0.1, 0.15) is 6.15 Å². The van der Waals surface area contributed by atoms with Crippen LogP contribution in [0.4, 0.5) is 105 Å². The fourth-order valence-corrected chi connectivity index (χ4v) is 8.38. The van der Waals surface area contributed by atoms with E-state index in [1.54, 1.807) is 0 Å². The molecule has 76 heavy (non-hydrogen) atoms. The number of carbonyl (C=O) groups is 1. The van der Waals surface area contributed by atoms with E-state index in [1.165, 1.54) is 11.1 Å². The molecule has 27 heteroatoms. The number of aryl methyl sites for hydroxylation is 2. The summed E-state index contributed by atoms with van der Waals surface area (Å²) in [7, 11) is 0. The summed E-state index contributed by atoms with van der Waals surface area (Å²) in [6.45, 7) is 8.72. The lowest BCUT2D eigenvalue weighted by atomic mass is 9.12. The number of carbonyl (C=O) groups excluding carboxylic acids is 1. The van der Waals surface area contributed by atoms with Gasteiger partial charge in [0, 0.05) is 30.5 Å². The van der Waals surface area contributed by atoms with Gasteiger partial charge < -0.3 is 0 Å². The molecule has 0 saturated heterocycles. The van der Waals surface area contributed by atoms with Crippen molar-refractivity contribution in [1.82, 2.24) is 0 Å². The molecule has 1 aromatic heterocycles. The van der Waals surface area contributed by atoms with Crippen molar-refractivity contribution >= 4 is 33.8 Å². The van der Waals surface area contributed by atoms with Crippen molar-refractivity contribution in [3.05, 3.63) is 182 Å². The first-order valence-corrected chi connectivity index (χ1v) is 21.2. The number of aromatic nitrogens is 1. The Morgan fingerprint density at radius 1 is 0.342 bits per heavy atom. The number of rotatable bonds is 7. The standard InChI is InChI=1S/C32H12BF24.C17H20NO/c34-25(35,36)13-1-14(26(37,38)39)6-21(5-13)33(22-7-15(27(40,41)42)2-16(8-22)28(43,44)45,23-9-17(29(46,47)48)3-18(10-23)30(49,50)51)24-11-19(31(52,53)54)4-20(12-24)32(55,56)57;1-12-10-13(2)15(4)18(14(12)3)11-17(19)16-8-6-5-7-9-16/h1-12H;5-10H,11H2,1-4H3/q-1;+1. The van der Waals surface area contributed by atoms with Gasteiger partial charge >= 0.3 is 49.4 Å². The van der Waals surface area contributed by atoms with E-state index in [-0.39, 0.29) is 5.78 Å². The summed E-state index contributed by atoms with van der Waals surface area (Å²) >= 11 is 0. The zero-order valence-electron chi connectivity index (χ0n) is 38.6. The van der Waals surface area contributed by atoms with E-state index in [0.29, 0.717) is 6.54 Å². The predicted molar refractivity (Wildman–Crippen MR) is 226 cm³/mol. The maximum atomic E-state index is 14.2. The van der Waals surface area contributed by atoms with Crippen molar-refractivity contribution in [3.8, 4) is 0 Å². The first kappa shape index (κ1) is 60.2. The Morgan fingerprint density at radius 3 is 0.750 bits per heavy atom. The maximum absolute atomic E-state index is 14.2. The molecule has 0 amide bonds. The smallest absolute Gasteiger partial charge is 0.287 e. The second kappa shape index (κ2) is 20.4. The second-order valence-electron chi connectivity index (χ2n) is 17.3. The largest absolute Gasteiger partial charge is 0.416 e. The number of Topliss-reactive ketones (excluding diaryl/α,β-unsaturated/α-hetero) is 1. The molecule has 2 nitrogen and oxygen atoms in total. The predicted octanol–water partition coefficient (Wildman–Crippen LogP) is 14.3. The molecule has 6 aromatic rings. The Bertz CT molecular complexity index is 2650. The lowest BCUT2D eigenvalue weighted by Crippen LogP contribution is -2.75. The molecule has 0 fully saturated rings. The molecule has 410 valence electrons. The van der Waals surface area contributed by atoms with Crippen LogP contribution in [0.25, 0.3) is 0 Å². The van der Waals surface area contributed by atoms with E-state index in [0.717, 1.165) is 17.0 Å². The second-order valence-corrected chi connectivity index (χ2v) is 17.3. The monoisotopic (exact) mass is 1120 g/mol. The first-order valence-electron chi connectivity index (χ1n) is 21.2. The molecule has 0 bridgehead atoms. The van der Waals surface area contributed by atoms with Gasteiger partial charge in [-0.1, -0.05) is 78.9 Å². The molecule has 0 radical (unpaired) electrons. The third kappa shape index (κ3) is 13.3. The van der Waals surface area contributed by atoms with Crippen molar-refractivity contribution in [2.45, 2.75) is 83.7 Å². The van der Waals surface area contributed by atoms with Crippen LogP contribution in [0.3, 0.4) is 0 Å². The Kier molecular flexibility index (Phi) is 16.1. The average Bonchev–Trinajstić information content (AvgIpc) is 3.28. The van der Waals surface area contributed by atoms with Crippen molar-refractivity contribution in [2.24, 2.45) is 0 Å². The van der Waals surface area contributed by atoms with Crippen LogP contribution in [0.15, 0.2) is 109 Å². The van der Waals surface area contributed by atoms with Gasteiger partial charge in [-0.05, 0) is 44.2 Å². The summed E-state index contributed by atoms with van der Waals surface area (Å²) in [4.78, 5) is 12.3. The van der Waals surface area contributed by atoms with Gasteiger partial charge in [0.25, 0.3) is 0 Å². The topological polar surface area (TPSA) is 20.9 Å². The first-order chi connectivity index (χ1) is 34.3. The van der Waals surface area contributed by atoms with Crippen molar-refractivity contribution in [2.75, 3.05) is 0 Å². The molecule has 0 aliphatic rings. The third-order valence-corrected chi connectivity index (χ3v) is 12.2. The normalized spacial score (nSPS) is 13.4. The van der Waals surface area contributed by atoms with Crippen molar-refractivity contribution in [1.29, 1.82) is 0 Å². The molecular weight excluding hydrogens is 1090 g/mol. The van der Waals surface area contributed by atoms with E-state index in [4.69, 9.17) is 0 Å². The Morgan fingerprint density at radius 2 is 0.553 bits per heavy atom. The Labute approximate surface area is 413 Å². The van der Waals surface area contributed by atoms with E-state index in [2.05, 4.69) is 38.3 Å². The Balaban J connectivity index is 0.000000468. The molecule has 0 saturated carbocycles. The molecule has 1 heterocycles. The highest BCUT2D eigenvalue weighted by Gasteiger charge is 2.47. The number of alkyl halides is 24. The highest BCUT2D eigenvalue weighted by molar-refractivity contribution is 7.20. The van der Waals surface area contributed by atoms with Gasteiger partial charge in [-0.2, -0.15) is 132 Å². The number of nitrogens with zero attached hydrogens (tertiary/aromatic N) is 1. The van der Waals surface area contributed by atoms with E-state index >= 15 is 0 Å². The number of halogens is 24. The number of hydrogen-bond donors (Lipinski definition) is 0. The molecule has 6 rings (SSSR count). The zero-order valence-corrected chi connectivity index (χ0v) is 38.6. The molecule has 0 unspecified atom stereocenters. The van der Waals surface area contributed by atoms with E-state index < -0.39 is 195 Å². The molecule has 0 spiro atoms. The minimum atomic E-state index is -6.13. The van der Waals surface area contributed by atoms with Crippen LogP contribution < -0.4 is 26.4 Å². The van der Waals surface area contributed by atoms with Gasteiger partial charge in [0.2, 0.25) is 12.3 Å². The van der Waals surface area contributed by atoms with Crippen LogP contribution in [0.1, 0.15) is 77.4 Å². The SMILES string of the molecule is Cc1cc(C)c(C)[n+](CC(=O)c2ccccc2)c1C.FC(F)(F)c1cc([B-](c2cc(C(F)(F)F)cc(C(F)(F)F)c2)(c2cc(C(F)(F)F)cc(C(F)(F)F)c2)c2cc(C(F)(F)F)cc(C(F)(F)F)c2)cc(C(F)(F)F)c1. The van der Waals surface area contributed by atoms with E-state index in [1.807, 2.05) is 30.3 Å². The van der Waals surface area contributed by atoms with Gasteiger partial charge in [-0.25, -0.2) is 0 Å². The summed E-state index contributed by atoms with van der Waals surface area (Å²) in [6, 6.07) is 2.84. The number of ketones is 1.